The number of aliphatic imine (C=N–C) groups is 1. The van der Waals surface area contributed by atoms with Crippen molar-refractivity contribution in [3.8, 4) is 0 Å². The van der Waals surface area contributed by atoms with Crippen LogP contribution in [-0.4, -0.2) is 16.7 Å². The van der Waals surface area contributed by atoms with Gasteiger partial charge in [-0.3, -0.25) is 9.79 Å². The second kappa shape index (κ2) is 10.0. The van der Waals surface area contributed by atoms with Gasteiger partial charge in [0.15, 0.2) is 0 Å². The molecule has 0 spiro atoms. The van der Waals surface area contributed by atoms with Crippen LogP contribution in [0.5, 0.6) is 0 Å². The highest BCUT2D eigenvalue weighted by Gasteiger charge is 2.19. The maximum absolute atomic E-state index is 13.0. The number of aliphatic hydroxyl groups is 1. The van der Waals surface area contributed by atoms with E-state index >= 15 is 0 Å². The topological polar surface area (TPSA) is 61.7 Å². The maximum atomic E-state index is 13.0. The fourth-order valence-electron chi connectivity index (χ4n) is 2.97. The molecule has 0 bridgehead atoms. The summed E-state index contributed by atoms with van der Waals surface area (Å²) in [5, 5.41) is 13.7. The molecule has 0 fully saturated rings. The molecular weight excluding hydrogens is 360 g/mol. The minimum atomic E-state index is -0.376. The zero-order valence-corrected chi connectivity index (χ0v) is 16.4. The van der Waals surface area contributed by atoms with Crippen molar-refractivity contribution in [1.82, 2.24) is 0 Å². The van der Waals surface area contributed by atoms with Gasteiger partial charge in [0, 0.05) is 17.8 Å². The molecule has 0 unspecified atom stereocenters. The summed E-state index contributed by atoms with van der Waals surface area (Å²) in [5.41, 5.74) is 3.32. The lowest BCUT2D eigenvalue weighted by atomic mass is 10.0. The van der Waals surface area contributed by atoms with Crippen LogP contribution < -0.4 is 5.32 Å². The average molecular weight is 384 g/mol. The fraction of sp³-hybridized carbons (Fsp3) is 0.120. The van der Waals surface area contributed by atoms with E-state index < -0.39 is 0 Å². The number of hydrogen-bond acceptors (Lipinski definition) is 3. The van der Waals surface area contributed by atoms with Crippen LogP contribution in [0.3, 0.4) is 0 Å². The van der Waals surface area contributed by atoms with Gasteiger partial charge >= 0.3 is 0 Å². The summed E-state index contributed by atoms with van der Waals surface area (Å²) in [7, 11) is 0. The van der Waals surface area contributed by atoms with Crippen molar-refractivity contribution < 1.29 is 9.90 Å². The number of rotatable bonds is 7. The molecule has 1 amide bonds. The molecular formula is C25H24N2O2. The minimum Gasteiger partial charge on any atom is -0.511 e. The predicted octanol–water partition coefficient (Wildman–Crippen LogP) is 5.34. The zero-order chi connectivity index (χ0) is 20.5. The lowest BCUT2D eigenvalue weighted by molar-refractivity contribution is -0.112. The van der Waals surface area contributed by atoms with Crippen LogP contribution in [-0.2, 0) is 17.8 Å². The molecule has 0 saturated carbocycles. The highest BCUT2D eigenvalue weighted by atomic mass is 16.3. The van der Waals surface area contributed by atoms with Crippen molar-refractivity contribution in [3.05, 3.63) is 113 Å². The smallest absolute Gasteiger partial charge is 0.260 e. The number of carbonyl (C=O) groups excluding carboxylic acids is 1. The van der Waals surface area contributed by atoms with Crippen LogP contribution in [0.2, 0.25) is 0 Å². The van der Waals surface area contributed by atoms with E-state index in [0.29, 0.717) is 17.9 Å². The standard InChI is InChI=1S/C25H24N2O2/c1-19(26-18-21-13-7-3-8-14-21)24(23(28)17-20-11-5-2-6-12-20)25(29)27-22-15-9-4-10-16-22/h2-16,28H,17-18H2,1H3,(H,27,29). The van der Waals surface area contributed by atoms with Crippen molar-refractivity contribution >= 4 is 17.3 Å². The molecule has 0 saturated heterocycles. The highest BCUT2D eigenvalue weighted by molar-refractivity contribution is 6.25. The first-order valence-corrected chi connectivity index (χ1v) is 9.51. The number of amides is 1. The zero-order valence-electron chi connectivity index (χ0n) is 16.4. The predicted molar refractivity (Wildman–Crippen MR) is 118 cm³/mol. The van der Waals surface area contributed by atoms with Gasteiger partial charge in [0.2, 0.25) is 0 Å². The molecule has 146 valence electrons. The molecule has 29 heavy (non-hydrogen) atoms. The number of nitrogens with zero attached hydrogens (tertiary/aromatic N) is 1. The van der Waals surface area contributed by atoms with Crippen LogP contribution in [0.15, 0.2) is 107 Å². The Morgan fingerprint density at radius 2 is 1.34 bits per heavy atom. The van der Waals surface area contributed by atoms with E-state index in [-0.39, 0.29) is 23.7 Å². The van der Waals surface area contributed by atoms with Crippen LogP contribution >= 0.6 is 0 Å². The van der Waals surface area contributed by atoms with Crippen molar-refractivity contribution in [3.63, 3.8) is 0 Å². The third-order valence-electron chi connectivity index (χ3n) is 4.47. The van der Waals surface area contributed by atoms with Gasteiger partial charge in [0.05, 0.1) is 12.1 Å². The first-order valence-electron chi connectivity index (χ1n) is 9.51. The summed E-state index contributed by atoms with van der Waals surface area (Å²) in [4.78, 5) is 17.5. The van der Waals surface area contributed by atoms with E-state index in [9.17, 15) is 9.90 Å². The summed E-state index contributed by atoms with van der Waals surface area (Å²) < 4.78 is 0. The molecule has 0 aliphatic rings. The van der Waals surface area contributed by atoms with Gasteiger partial charge < -0.3 is 10.4 Å². The third-order valence-corrected chi connectivity index (χ3v) is 4.47. The summed E-state index contributed by atoms with van der Waals surface area (Å²) >= 11 is 0. The quantitative estimate of drug-likeness (QED) is 0.328. The number of nitrogens with one attached hydrogen (secondary N) is 1. The molecule has 4 heteroatoms. The lowest BCUT2D eigenvalue weighted by Crippen LogP contribution is -2.22. The van der Waals surface area contributed by atoms with Gasteiger partial charge in [-0.25, -0.2) is 0 Å². The largest absolute Gasteiger partial charge is 0.511 e. The Morgan fingerprint density at radius 1 is 0.828 bits per heavy atom. The average Bonchev–Trinajstić information content (AvgIpc) is 2.74. The molecule has 0 radical (unpaired) electrons. The van der Waals surface area contributed by atoms with Gasteiger partial charge in [0.1, 0.15) is 5.76 Å². The van der Waals surface area contributed by atoms with Crippen LogP contribution in [0.25, 0.3) is 0 Å². The Hall–Kier alpha value is -3.66. The van der Waals surface area contributed by atoms with Gasteiger partial charge in [-0.2, -0.15) is 0 Å². The summed E-state index contributed by atoms with van der Waals surface area (Å²) in [6.45, 7) is 2.19. The number of carbonyl (C=O) groups is 1. The first kappa shape index (κ1) is 20.1. The molecule has 0 aliphatic heterocycles. The van der Waals surface area contributed by atoms with Crippen molar-refractivity contribution in [2.75, 3.05) is 5.32 Å². The van der Waals surface area contributed by atoms with E-state index in [1.54, 1.807) is 19.1 Å². The van der Waals surface area contributed by atoms with E-state index in [4.69, 9.17) is 0 Å². The van der Waals surface area contributed by atoms with E-state index in [1.807, 2.05) is 78.9 Å². The van der Waals surface area contributed by atoms with Gasteiger partial charge in [0.25, 0.3) is 5.91 Å². The molecule has 4 nitrogen and oxygen atoms in total. The Bertz CT molecular complexity index is 995. The van der Waals surface area contributed by atoms with Crippen LogP contribution in [0.4, 0.5) is 5.69 Å². The normalized spacial score (nSPS) is 12.2. The Kier molecular flexibility index (Phi) is 6.95. The van der Waals surface area contributed by atoms with Crippen molar-refractivity contribution in [2.24, 2.45) is 4.99 Å². The van der Waals surface area contributed by atoms with E-state index in [0.717, 1.165) is 11.1 Å². The fourth-order valence-corrected chi connectivity index (χ4v) is 2.97. The molecule has 3 rings (SSSR count). The highest BCUT2D eigenvalue weighted by Crippen LogP contribution is 2.16. The molecule has 0 aliphatic carbocycles. The molecule has 0 aromatic heterocycles. The lowest BCUT2D eigenvalue weighted by Gasteiger charge is -2.12. The number of benzene rings is 3. The van der Waals surface area contributed by atoms with Crippen LogP contribution in [0.1, 0.15) is 18.1 Å². The summed E-state index contributed by atoms with van der Waals surface area (Å²) in [6.07, 6.45) is 0.260. The van der Waals surface area contributed by atoms with Gasteiger partial charge in [-0.15, -0.1) is 0 Å². The number of anilines is 1. The Morgan fingerprint density at radius 3 is 1.93 bits per heavy atom. The van der Waals surface area contributed by atoms with Gasteiger partial charge in [-0.1, -0.05) is 78.9 Å². The maximum Gasteiger partial charge on any atom is 0.260 e. The number of hydrogen-bond donors (Lipinski definition) is 2. The van der Waals surface area contributed by atoms with Crippen molar-refractivity contribution in [2.45, 2.75) is 19.9 Å². The Balaban J connectivity index is 1.89. The third kappa shape index (κ3) is 5.91. The number of aliphatic hydroxyl groups excluding tert-OH is 1. The van der Waals surface area contributed by atoms with E-state index in [1.165, 1.54) is 0 Å². The SMILES string of the molecule is CC(=NCc1ccccc1)C(C(=O)Nc1ccccc1)=C(O)Cc1ccccc1. The number of allylic oxidation sites excluding steroid dienone is 1. The second-order valence-corrected chi connectivity index (χ2v) is 6.69. The summed E-state index contributed by atoms with van der Waals surface area (Å²) in [5.74, 6) is -0.377. The van der Waals surface area contributed by atoms with Gasteiger partial charge in [-0.05, 0) is 30.2 Å². The van der Waals surface area contributed by atoms with E-state index in [2.05, 4.69) is 10.3 Å². The monoisotopic (exact) mass is 384 g/mol. The first-order chi connectivity index (χ1) is 14.1. The number of para-hydroxylation sites is 1. The molecule has 0 atom stereocenters. The van der Waals surface area contributed by atoms with Crippen LogP contribution in [0, 0.1) is 0 Å². The molecule has 2 N–H and O–H groups in total. The second-order valence-electron chi connectivity index (χ2n) is 6.69. The minimum absolute atomic E-state index is 0.000979. The van der Waals surface area contributed by atoms with Crippen molar-refractivity contribution in [1.29, 1.82) is 0 Å². The molecule has 3 aromatic carbocycles. The molecule has 0 heterocycles. The Labute approximate surface area is 171 Å². The molecule has 3 aromatic rings. The summed E-state index contributed by atoms with van der Waals surface area (Å²) in [6, 6.07) is 28.6.